The molecule has 0 atom stereocenters. The van der Waals surface area contributed by atoms with Crippen LogP contribution in [-0.2, 0) is 16.6 Å². The molecule has 1 aliphatic rings. The molecule has 1 aromatic heterocycles. The Morgan fingerprint density at radius 1 is 1.29 bits per heavy atom. The lowest BCUT2D eigenvalue weighted by Gasteiger charge is -2.05. The second-order valence-corrected chi connectivity index (χ2v) is 8.82. The summed E-state index contributed by atoms with van der Waals surface area (Å²) >= 11 is 1.58. The molecule has 0 amide bonds. The van der Waals surface area contributed by atoms with Gasteiger partial charge in [0.1, 0.15) is 0 Å². The molecule has 120 valence electrons. The molecule has 2 N–H and O–H groups in total. The minimum Gasteiger partial charge on any atom is -0.309 e. The fourth-order valence-electron chi connectivity index (χ4n) is 2.25. The number of nitrogens with one attached hydrogen (secondary N) is 2. The summed E-state index contributed by atoms with van der Waals surface area (Å²) in [6.45, 7) is 5.35. The summed E-state index contributed by atoms with van der Waals surface area (Å²) in [5, 5.41) is 3.43. The Labute approximate surface area is 132 Å². The normalized spacial score (nSPS) is 15.5. The fourth-order valence-corrected chi connectivity index (χ4v) is 4.90. The number of thiophene rings is 1. The standard InChI is InChI=1S/C15H26N2O2S2/c1-3-4-5-6-9-17-21(18,19)15-10-14(20-12(15)2)11-16-13-7-8-13/h10,13,16-17H,3-9,11H2,1-2H3. The van der Waals surface area contributed by atoms with Gasteiger partial charge in [-0.3, -0.25) is 0 Å². The maximum atomic E-state index is 12.3. The molecule has 6 heteroatoms. The Bertz CT molecular complexity index is 548. The van der Waals surface area contributed by atoms with Gasteiger partial charge >= 0.3 is 0 Å². The van der Waals surface area contributed by atoms with Crippen LogP contribution in [0.15, 0.2) is 11.0 Å². The summed E-state index contributed by atoms with van der Waals surface area (Å²) in [4.78, 5) is 2.44. The lowest BCUT2D eigenvalue weighted by Crippen LogP contribution is -2.25. The first-order valence-electron chi connectivity index (χ1n) is 7.85. The Hall–Kier alpha value is -0.430. The average molecular weight is 331 g/mol. The molecule has 0 radical (unpaired) electrons. The van der Waals surface area contributed by atoms with Crippen LogP contribution in [0.25, 0.3) is 0 Å². The zero-order chi connectivity index (χ0) is 15.3. The van der Waals surface area contributed by atoms with Crippen molar-refractivity contribution in [2.24, 2.45) is 0 Å². The molecule has 0 saturated heterocycles. The minimum absolute atomic E-state index is 0.454. The molecule has 0 bridgehead atoms. The highest BCUT2D eigenvalue weighted by molar-refractivity contribution is 7.89. The molecular weight excluding hydrogens is 304 g/mol. The van der Waals surface area contributed by atoms with E-state index in [0.717, 1.165) is 42.0 Å². The number of sulfonamides is 1. The summed E-state index contributed by atoms with van der Waals surface area (Å²) in [7, 11) is -3.35. The zero-order valence-electron chi connectivity index (χ0n) is 12.9. The van der Waals surface area contributed by atoms with Crippen LogP contribution in [0.2, 0.25) is 0 Å². The van der Waals surface area contributed by atoms with E-state index in [4.69, 9.17) is 0 Å². The van der Waals surface area contributed by atoms with Gasteiger partial charge in [-0.25, -0.2) is 13.1 Å². The van der Waals surface area contributed by atoms with Gasteiger partial charge in [-0.15, -0.1) is 11.3 Å². The van der Waals surface area contributed by atoms with E-state index < -0.39 is 10.0 Å². The third kappa shape index (κ3) is 5.36. The van der Waals surface area contributed by atoms with Crippen molar-refractivity contribution in [3.05, 3.63) is 15.8 Å². The van der Waals surface area contributed by atoms with Gasteiger partial charge in [-0.05, 0) is 32.3 Å². The Morgan fingerprint density at radius 2 is 2.05 bits per heavy atom. The highest BCUT2D eigenvalue weighted by Crippen LogP contribution is 2.27. The van der Waals surface area contributed by atoms with Gasteiger partial charge in [0.05, 0.1) is 4.90 Å². The van der Waals surface area contributed by atoms with Crippen LogP contribution in [0.5, 0.6) is 0 Å². The van der Waals surface area contributed by atoms with E-state index in [1.807, 2.05) is 13.0 Å². The lowest BCUT2D eigenvalue weighted by atomic mass is 10.2. The third-order valence-corrected chi connectivity index (χ3v) is 6.44. The van der Waals surface area contributed by atoms with E-state index in [-0.39, 0.29) is 0 Å². The van der Waals surface area contributed by atoms with Gasteiger partial charge < -0.3 is 5.32 Å². The molecule has 0 aliphatic heterocycles. The number of hydrogen-bond acceptors (Lipinski definition) is 4. The Kier molecular flexibility index (Phi) is 6.22. The number of rotatable bonds is 10. The second kappa shape index (κ2) is 7.72. The van der Waals surface area contributed by atoms with Gasteiger partial charge in [0.15, 0.2) is 0 Å². The number of hydrogen-bond donors (Lipinski definition) is 2. The first-order valence-corrected chi connectivity index (χ1v) is 10.1. The Morgan fingerprint density at radius 3 is 2.71 bits per heavy atom. The van der Waals surface area contributed by atoms with Crippen molar-refractivity contribution in [1.82, 2.24) is 10.0 Å². The van der Waals surface area contributed by atoms with Crippen molar-refractivity contribution in [1.29, 1.82) is 0 Å². The third-order valence-electron chi connectivity index (χ3n) is 3.68. The molecule has 1 heterocycles. The molecule has 0 spiro atoms. The maximum absolute atomic E-state index is 12.3. The lowest BCUT2D eigenvalue weighted by molar-refractivity contribution is 0.573. The van der Waals surface area contributed by atoms with Gasteiger partial charge in [-0.2, -0.15) is 0 Å². The summed E-state index contributed by atoms with van der Waals surface area (Å²) < 4.78 is 27.4. The first-order chi connectivity index (χ1) is 10.0. The number of aryl methyl sites for hydroxylation is 1. The first kappa shape index (κ1) is 16.9. The van der Waals surface area contributed by atoms with E-state index in [2.05, 4.69) is 17.0 Å². The molecule has 4 nitrogen and oxygen atoms in total. The number of unbranched alkanes of at least 4 members (excludes halogenated alkanes) is 3. The van der Waals surface area contributed by atoms with E-state index in [9.17, 15) is 8.42 Å². The molecule has 21 heavy (non-hydrogen) atoms. The van der Waals surface area contributed by atoms with Crippen molar-refractivity contribution < 1.29 is 8.42 Å². The van der Waals surface area contributed by atoms with Crippen molar-refractivity contribution in [3.63, 3.8) is 0 Å². The summed E-state index contributed by atoms with van der Waals surface area (Å²) in [6.07, 6.45) is 6.80. The summed E-state index contributed by atoms with van der Waals surface area (Å²) in [6, 6.07) is 2.47. The Balaban J connectivity index is 1.88. The predicted molar refractivity (Wildman–Crippen MR) is 88.2 cm³/mol. The van der Waals surface area contributed by atoms with Crippen molar-refractivity contribution >= 4 is 21.4 Å². The minimum atomic E-state index is -3.35. The molecule has 1 aromatic rings. The van der Waals surface area contributed by atoms with E-state index in [1.165, 1.54) is 12.8 Å². The van der Waals surface area contributed by atoms with Crippen molar-refractivity contribution in [3.8, 4) is 0 Å². The topological polar surface area (TPSA) is 58.2 Å². The smallest absolute Gasteiger partial charge is 0.241 e. The van der Waals surface area contributed by atoms with Crippen molar-refractivity contribution in [2.45, 2.75) is 69.9 Å². The van der Waals surface area contributed by atoms with Gasteiger partial charge in [0.25, 0.3) is 0 Å². The van der Waals surface area contributed by atoms with Crippen LogP contribution in [0, 0.1) is 6.92 Å². The monoisotopic (exact) mass is 330 g/mol. The van der Waals surface area contributed by atoms with Gasteiger partial charge in [-0.1, -0.05) is 26.2 Å². The highest BCUT2D eigenvalue weighted by Gasteiger charge is 2.22. The molecular formula is C15H26N2O2S2. The summed E-state index contributed by atoms with van der Waals surface area (Å²) in [5.41, 5.74) is 0. The molecule has 0 unspecified atom stereocenters. The average Bonchev–Trinajstić information content (AvgIpc) is 3.18. The fraction of sp³-hybridized carbons (Fsp3) is 0.733. The largest absolute Gasteiger partial charge is 0.309 e. The predicted octanol–water partition coefficient (Wildman–Crippen LogP) is 3.17. The van der Waals surface area contributed by atoms with Crippen LogP contribution < -0.4 is 10.0 Å². The van der Waals surface area contributed by atoms with Crippen molar-refractivity contribution in [2.75, 3.05) is 6.54 Å². The van der Waals surface area contributed by atoms with E-state index >= 15 is 0 Å². The van der Waals surface area contributed by atoms with Crippen LogP contribution >= 0.6 is 11.3 Å². The SMILES string of the molecule is CCCCCCNS(=O)(=O)c1cc(CNC2CC2)sc1C. The second-order valence-electron chi connectivity index (χ2n) is 5.75. The molecule has 1 saturated carbocycles. The van der Waals surface area contributed by atoms with E-state index in [0.29, 0.717) is 17.5 Å². The molecule has 1 aliphatic carbocycles. The quantitative estimate of drug-likeness (QED) is 0.648. The van der Waals surface area contributed by atoms with Crippen LogP contribution in [-0.4, -0.2) is 21.0 Å². The molecule has 1 fully saturated rings. The van der Waals surface area contributed by atoms with Gasteiger partial charge in [0.2, 0.25) is 10.0 Å². The maximum Gasteiger partial charge on any atom is 0.241 e. The van der Waals surface area contributed by atoms with Gasteiger partial charge in [0, 0.05) is 28.9 Å². The molecule has 0 aromatic carbocycles. The molecule has 2 rings (SSSR count). The summed E-state index contributed by atoms with van der Waals surface area (Å²) in [5.74, 6) is 0. The zero-order valence-corrected chi connectivity index (χ0v) is 14.6. The van der Waals surface area contributed by atoms with Crippen LogP contribution in [0.3, 0.4) is 0 Å². The van der Waals surface area contributed by atoms with Crippen LogP contribution in [0.4, 0.5) is 0 Å². The van der Waals surface area contributed by atoms with Crippen LogP contribution in [0.1, 0.15) is 55.2 Å². The van der Waals surface area contributed by atoms with E-state index in [1.54, 1.807) is 11.3 Å². The highest BCUT2D eigenvalue weighted by atomic mass is 32.2.